The van der Waals surface area contributed by atoms with Gasteiger partial charge < -0.3 is 20.1 Å². The van der Waals surface area contributed by atoms with Crippen molar-refractivity contribution in [2.75, 3.05) is 27.3 Å². The second kappa shape index (κ2) is 7.90. The molecule has 2 rings (SSSR count). The van der Waals surface area contributed by atoms with Gasteiger partial charge in [0.05, 0.1) is 12.7 Å². The van der Waals surface area contributed by atoms with Gasteiger partial charge in [-0.05, 0) is 38.2 Å². The van der Waals surface area contributed by atoms with Gasteiger partial charge >= 0.3 is 0 Å². The molecule has 0 saturated carbocycles. The first-order valence-corrected chi connectivity index (χ1v) is 6.61. The van der Waals surface area contributed by atoms with Gasteiger partial charge in [0, 0.05) is 18.2 Å². The molecule has 6 heteroatoms. The summed E-state index contributed by atoms with van der Waals surface area (Å²) in [4.78, 5) is 12.1. The van der Waals surface area contributed by atoms with Crippen molar-refractivity contribution in [3.8, 4) is 11.5 Å². The van der Waals surface area contributed by atoms with Crippen LogP contribution in [0.4, 0.5) is 0 Å². The third-order valence-corrected chi connectivity index (χ3v) is 3.28. The summed E-state index contributed by atoms with van der Waals surface area (Å²) in [7, 11) is 3.48. The molecule has 0 bridgehead atoms. The topological polar surface area (TPSA) is 59.6 Å². The van der Waals surface area contributed by atoms with E-state index in [-0.39, 0.29) is 24.4 Å². The number of carbonyl (C=O) groups is 1. The summed E-state index contributed by atoms with van der Waals surface area (Å²) in [6.07, 6.45) is 1.85. The molecule has 0 saturated heterocycles. The number of rotatable bonds is 5. The molecule has 21 heavy (non-hydrogen) atoms. The lowest BCUT2D eigenvalue weighted by Crippen LogP contribution is -2.38. The number of carbonyl (C=O) groups excluding carboxylic acids is 1. The zero-order chi connectivity index (χ0) is 14.5. The molecule has 2 N–H and O–H groups in total. The van der Waals surface area contributed by atoms with E-state index in [2.05, 4.69) is 10.6 Å². The molecule has 1 aromatic carbocycles. The van der Waals surface area contributed by atoms with Crippen LogP contribution in [0.3, 0.4) is 0 Å². The molecule has 0 aromatic heterocycles. The standard InChI is InChI=1S/C15H20N2O3.ClH/c1-10(16-2)8-17-15(18)12-6-11-7-13(19-3)4-5-14(11)20-9-12;/h4-7,10,16H,8-9H2,1-3H3,(H,17,18);1H. The Hall–Kier alpha value is -1.72. The van der Waals surface area contributed by atoms with Crippen molar-refractivity contribution in [1.82, 2.24) is 10.6 Å². The first-order valence-electron chi connectivity index (χ1n) is 6.61. The Morgan fingerprint density at radius 1 is 1.48 bits per heavy atom. The van der Waals surface area contributed by atoms with Crippen LogP contribution >= 0.6 is 12.4 Å². The Bertz CT molecular complexity index is 532. The first kappa shape index (κ1) is 17.3. The number of hydrogen-bond donors (Lipinski definition) is 2. The molecule has 0 fully saturated rings. The van der Waals surface area contributed by atoms with Crippen LogP contribution in [-0.2, 0) is 4.79 Å². The lowest BCUT2D eigenvalue weighted by molar-refractivity contribution is -0.117. The van der Waals surface area contributed by atoms with Gasteiger partial charge in [0.2, 0.25) is 0 Å². The number of fused-ring (bicyclic) bond motifs is 1. The molecule has 1 aliphatic heterocycles. The van der Waals surface area contributed by atoms with E-state index in [1.165, 1.54) is 0 Å². The van der Waals surface area contributed by atoms with Gasteiger partial charge in [0.25, 0.3) is 5.91 Å². The van der Waals surface area contributed by atoms with E-state index in [0.29, 0.717) is 18.7 Å². The van der Waals surface area contributed by atoms with Gasteiger partial charge in [0.15, 0.2) is 0 Å². The number of likely N-dealkylation sites (N-methyl/N-ethyl adjacent to an activating group) is 1. The van der Waals surface area contributed by atoms with Crippen molar-refractivity contribution in [2.24, 2.45) is 0 Å². The summed E-state index contributed by atoms with van der Waals surface area (Å²) in [5.74, 6) is 1.42. The lowest BCUT2D eigenvalue weighted by Gasteiger charge is -2.19. The Balaban J connectivity index is 0.00000220. The maximum absolute atomic E-state index is 12.1. The molecule has 1 aromatic rings. The minimum absolute atomic E-state index is 0. The highest BCUT2D eigenvalue weighted by Gasteiger charge is 2.17. The minimum Gasteiger partial charge on any atom is -0.497 e. The van der Waals surface area contributed by atoms with Crippen molar-refractivity contribution in [2.45, 2.75) is 13.0 Å². The van der Waals surface area contributed by atoms with E-state index >= 15 is 0 Å². The quantitative estimate of drug-likeness (QED) is 0.867. The van der Waals surface area contributed by atoms with Gasteiger partial charge in [0.1, 0.15) is 18.1 Å². The number of halogens is 1. The molecule has 1 heterocycles. The molecule has 1 atom stereocenters. The summed E-state index contributed by atoms with van der Waals surface area (Å²) in [6.45, 7) is 2.88. The van der Waals surface area contributed by atoms with Crippen LogP contribution in [0.15, 0.2) is 23.8 Å². The maximum atomic E-state index is 12.1. The van der Waals surface area contributed by atoms with Gasteiger partial charge in [-0.15, -0.1) is 12.4 Å². The highest BCUT2D eigenvalue weighted by atomic mass is 35.5. The molecule has 0 spiro atoms. The molecular formula is C15H21ClN2O3. The Morgan fingerprint density at radius 2 is 2.24 bits per heavy atom. The average Bonchev–Trinajstić information content (AvgIpc) is 2.50. The molecule has 0 aliphatic carbocycles. The fourth-order valence-electron chi connectivity index (χ4n) is 1.88. The van der Waals surface area contributed by atoms with E-state index in [1.807, 2.05) is 38.2 Å². The molecule has 116 valence electrons. The van der Waals surface area contributed by atoms with E-state index in [1.54, 1.807) is 7.11 Å². The second-order valence-electron chi connectivity index (χ2n) is 4.76. The van der Waals surface area contributed by atoms with E-state index in [4.69, 9.17) is 9.47 Å². The average molecular weight is 313 g/mol. The minimum atomic E-state index is -0.0967. The van der Waals surface area contributed by atoms with E-state index in [0.717, 1.165) is 17.1 Å². The Kier molecular flexibility index (Phi) is 6.52. The van der Waals surface area contributed by atoms with Crippen LogP contribution in [0.1, 0.15) is 12.5 Å². The van der Waals surface area contributed by atoms with Crippen molar-refractivity contribution in [3.05, 3.63) is 29.3 Å². The first-order chi connectivity index (χ1) is 9.63. The van der Waals surface area contributed by atoms with Gasteiger partial charge in [-0.1, -0.05) is 0 Å². The molecule has 1 aliphatic rings. The number of ether oxygens (including phenoxy) is 2. The summed E-state index contributed by atoms with van der Waals surface area (Å²) in [6, 6.07) is 5.78. The molecule has 0 radical (unpaired) electrons. The molecule has 1 unspecified atom stereocenters. The number of nitrogens with one attached hydrogen (secondary N) is 2. The Morgan fingerprint density at radius 3 is 2.90 bits per heavy atom. The van der Waals surface area contributed by atoms with Crippen molar-refractivity contribution in [3.63, 3.8) is 0 Å². The number of benzene rings is 1. The number of hydrogen-bond acceptors (Lipinski definition) is 4. The second-order valence-corrected chi connectivity index (χ2v) is 4.76. The van der Waals surface area contributed by atoms with Gasteiger partial charge in [-0.25, -0.2) is 0 Å². The van der Waals surface area contributed by atoms with Crippen LogP contribution < -0.4 is 20.1 Å². The van der Waals surface area contributed by atoms with Crippen molar-refractivity contribution >= 4 is 24.4 Å². The summed E-state index contributed by atoms with van der Waals surface area (Å²) in [5, 5.41) is 5.95. The summed E-state index contributed by atoms with van der Waals surface area (Å²) >= 11 is 0. The summed E-state index contributed by atoms with van der Waals surface area (Å²) < 4.78 is 10.8. The normalized spacial score (nSPS) is 14.0. The third-order valence-electron chi connectivity index (χ3n) is 3.28. The predicted octanol–water partition coefficient (Wildman–Crippen LogP) is 1.62. The van der Waals surface area contributed by atoms with Gasteiger partial charge in [-0.3, -0.25) is 4.79 Å². The maximum Gasteiger partial charge on any atom is 0.250 e. The van der Waals surface area contributed by atoms with Crippen molar-refractivity contribution in [1.29, 1.82) is 0 Å². The summed E-state index contributed by atoms with van der Waals surface area (Å²) in [5.41, 5.74) is 1.48. The zero-order valence-corrected chi connectivity index (χ0v) is 13.3. The van der Waals surface area contributed by atoms with E-state index in [9.17, 15) is 4.79 Å². The fraction of sp³-hybridized carbons (Fsp3) is 0.400. The van der Waals surface area contributed by atoms with E-state index < -0.39 is 0 Å². The van der Waals surface area contributed by atoms with Crippen LogP contribution in [-0.4, -0.2) is 39.3 Å². The van der Waals surface area contributed by atoms with Gasteiger partial charge in [-0.2, -0.15) is 0 Å². The van der Waals surface area contributed by atoms with Crippen LogP contribution in [0, 0.1) is 0 Å². The SMILES string of the molecule is CNC(C)CNC(=O)C1=Cc2cc(OC)ccc2OC1.Cl. The lowest BCUT2D eigenvalue weighted by atomic mass is 10.1. The molecule has 5 nitrogen and oxygen atoms in total. The molecule has 1 amide bonds. The monoisotopic (exact) mass is 312 g/mol. The highest BCUT2D eigenvalue weighted by Crippen LogP contribution is 2.29. The fourth-order valence-corrected chi connectivity index (χ4v) is 1.88. The van der Waals surface area contributed by atoms with Crippen LogP contribution in [0.25, 0.3) is 6.08 Å². The van der Waals surface area contributed by atoms with Crippen LogP contribution in [0.2, 0.25) is 0 Å². The molecular weight excluding hydrogens is 292 g/mol. The number of amides is 1. The van der Waals surface area contributed by atoms with Crippen LogP contribution in [0.5, 0.6) is 11.5 Å². The third kappa shape index (κ3) is 4.37. The largest absolute Gasteiger partial charge is 0.497 e. The highest BCUT2D eigenvalue weighted by molar-refractivity contribution is 5.99. The van der Waals surface area contributed by atoms with Crippen molar-refractivity contribution < 1.29 is 14.3 Å². The number of methoxy groups -OCH3 is 1. The predicted molar refractivity (Wildman–Crippen MR) is 85.2 cm³/mol. The Labute approximate surface area is 131 Å². The smallest absolute Gasteiger partial charge is 0.250 e. The zero-order valence-electron chi connectivity index (χ0n) is 12.4.